The van der Waals surface area contributed by atoms with Crippen molar-refractivity contribution in [2.24, 2.45) is 0 Å². The smallest absolute Gasteiger partial charge is 0.230 e. The number of rotatable bonds is 1. The molecule has 0 radical (unpaired) electrons. The molecule has 64 valence electrons. The molecule has 2 nitrogen and oxygen atoms in total. The highest BCUT2D eigenvalue weighted by Gasteiger charge is 2.37. The van der Waals surface area contributed by atoms with E-state index < -0.39 is 0 Å². The van der Waals surface area contributed by atoms with Gasteiger partial charge in [0.25, 0.3) is 0 Å². The Morgan fingerprint density at radius 3 is 3.25 bits per heavy atom. The Bertz CT molecular complexity index is 270. The summed E-state index contributed by atoms with van der Waals surface area (Å²) in [6, 6.07) is 0. The van der Waals surface area contributed by atoms with Crippen LogP contribution in [0.1, 0.15) is 13.3 Å². The predicted molar refractivity (Wildman–Crippen MR) is 50.6 cm³/mol. The minimum Gasteiger partial charge on any atom is -0.306 e. The van der Waals surface area contributed by atoms with Gasteiger partial charge < -0.3 is 4.90 Å². The summed E-state index contributed by atoms with van der Waals surface area (Å²) in [6.45, 7) is 2.00. The van der Waals surface area contributed by atoms with Gasteiger partial charge in [0.2, 0.25) is 5.91 Å². The van der Waals surface area contributed by atoms with Crippen LogP contribution in [0.5, 0.6) is 0 Å². The quantitative estimate of drug-likeness (QED) is 0.574. The molecule has 2 rings (SSSR count). The number of carbonyl (C=O) groups excluding carboxylic acids is 1. The molecular weight excluding hydrogens is 170 g/mol. The molecule has 1 saturated heterocycles. The lowest BCUT2D eigenvalue weighted by atomic mass is 10.2. The topological polar surface area (TPSA) is 20.3 Å². The molecule has 2 heterocycles. The van der Waals surface area contributed by atoms with Gasteiger partial charge in [-0.05, 0) is 12.5 Å². The number of thioether (sulfide) groups is 1. The Kier molecular flexibility index (Phi) is 1.97. The van der Waals surface area contributed by atoms with Gasteiger partial charge in [0.15, 0.2) is 0 Å². The third-order valence-electron chi connectivity index (χ3n) is 2.08. The van der Waals surface area contributed by atoms with E-state index in [-0.39, 0.29) is 5.91 Å². The zero-order chi connectivity index (χ0) is 8.55. The summed E-state index contributed by atoms with van der Waals surface area (Å²) in [7, 11) is 0. The van der Waals surface area contributed by atoms with Crippen LogP contribution in [-0.2, 0) is 4.79 Å². The fourth-order valence-electron chi connectivity index (χ4n) is 1.41. The molecule has 1 atom stereocenters. The Morgan fingerprint density at radius 2 is 2.58 bits per heavy atom. The highest BCUT2D eigenvalue weighted by atomic mass is 32.2. The van der Waals surface area contributed by atoms with Gasteiger partial charge in [-0.25, -0.2) is 0 Å². The molecule has 0 saturated carbocycles. The molecule has 0 unspecified atom stereocenters. The Labute approximate surface area is 76.3 Å². The van der Waals surface area contributed by atoms with Crippen LogP contribution >= 0.6 is 11.8 Å². The number of carbonyl (C=O) groups is 1. The first kappa shape index (κ1) is 7.92. The highest BCUT2D eigenvalue weighted by molar-refractivity contribution is 8.00. The van der Waals surface area contributed by atoms with Crippen molar-refractivity contribution in [3.8, 4) is 0 Å². The molecule has 0 aliphatic carbocycles. The van der Waals surface area contributed by atoms with Gasteiger partial charge >= 0.3 is 0 Å². The van der Waals surface area contributed by atoms with Gasteiger partial charge in [0.1, 0.15) is 0 Å². The van der Waals surface area contributed by atoms with Gasteiger partial charge in [-0.2, -0.15) is 0 Å². The normalized spacial score (nSPS) is 28.4. The fraction of sp³-hybridized carbons (Fsp3) is 0.444. The summed E-state index contributed by atoms with van der Waals surface area (Å²) in [5.41, 5.74) is 1.24. The second-order valence-electron chi connectivity index (χ2n) is 2.97. The molecule has 0 aromatic carbocycles. The molecule has 3 heteroatoms. The Balaban J connectivity index is 2.13. The lowest BCUT2D eigenvalue weighted by Gasteiger charge is -2.40. The molecule has 0 spiro atoms. The summed E-state index contributed by atoms with van der Waals surface area (Å²) in [4.78, 5) is 12.9. The van der Waals surface area contributed by atoms with Crippen molar-refractivity contribution in [1.82, 2.24) is 4.90 Å². The molecule has 2 aliphatic rings. The van der Waals surface area contributed by atoms with Crippen LogP contribution in [-0.4, -0.2) is 21.9 Å². The van der Waals surface area contributed by atoms with E-state index in [4.69, 9.17) is 0 Å². The summed E-state index contributed by atoms with van der Waals surface area (Å²) in [5.74, 6) is 1.30. The van der Waals surface area contributed by atoms with Crippen molar-refractivity contribution >= 4 is 17.7 Å². The summed E-state index contributed by atoms with van der Waals surface area (Å²) < 4.78 is 0. The lowest BCUT2D eigenvalue weighted by molar-refractivity contribution is -0.137. The Morgan fingerprint density at radius 1 is 1.75 bits per heavy atom. The van der Waals surface area contributed by atoms with E-state index in [1.165, 1.54) is 5.57 Å². The van der Waals surface area contributed by atoms with Crippen molar-refractivity contribution in [1.29, 1.82) is 0 Å². The summed E-state index contributed by atoms with van der Waals surface area (Å²) in [5, 5.41) is 0.437. The lowest BCUT2D eigenvalue weighted by Crippen LogP contribution is -2.48. The molecule has 1 amide bonds. The summed E-state index contributed by atoms with van der Waals surface area (Å²) >= 11 is 1.85. The number of hydrogen-bond donors (Lipinski definition) is 0. The minimum atomic E-state index is 0.259. The van der Waals surface area contributed by atoms with Crippen LogP contribution in [0.15, 0.2) is 23.9 Å². The van der Waals surface area contributed by atoms with E-state index >= 15 is 0 Å². The van der Waals surface area contributed by atoms with Crippen molar-refractivity contribution < 1.29 is 4.79 Å². The highest BCUT2D eigenvalue weighted by Crippen LogP contribution is 2.35. The third-order valence-corrected chi connectivity index (χ3v) is 3.35. The molecule has 12 heavy (non-hydrogen) atoms. The van der Waals surface area contributed by atoms with Crippen LogP contribution in [0.4, 0.5) is 0 Å². The van der Waals surface area contributed by atoms with Crippen LogP contribution in [0.25, 0.3) is 0 Å². The van der Waals surface area contributed by atoms with Crippen LogP contribution in [0.3, 0.4) is 0 Å². The molecular formula is C9H11NOS. The zero-order valence-corrected chi connectivity index (χ0v) is 7.80. The largest absolute Gasteiger partial charge is 0.306 e. The minimum absolute atomic E-state index is 0.259. The number of amides is 1. The number of allylic oxidation sites excluding steroid dienone is 2. The van der Waals surface area contributed by atoms with Gasteiger partial charge in [-0.1, -0.05) is 12.2 Å². The van der Waals surface area contributed by atoms with Gasteiger partial charge in [0.05, 0.1) is 11.8 Å². The maximum absolute atomic E-state index is 11.1. The monoisotopic (exact) mass is 181 g/mol. The van der Waals surface area contributed by atoms with E-state index in [1.54, 1.807) is 0 Å². The van der Waals surface area contributed by atoms with E-state index in [1.807, 2.05) is 35.9 Å². The molecule has 1 fully saturated rings. The van der Waals surface area contributed by atoms with E-state index in [9.17, 15) is 4.79 Å². The van der Waals surface area contributed by atoms with Gasteiger partial charge in [-0.15, -0.1) is 11.8 Å². The predicted octanol–water partition coefficient (Wildman–Crippen LogP) is 1.75. The molecule has 0 aromatic heterocycles. The van der Waals surface area contributed by atoms with Crippen molar-refractivity contribution in [2.75, 3.05) is 5.75 Å². The number of nitrogens with zero attached hydrogens (tertiary/aromatic N) is 1. The Hall–Kier alpha value is -0.700. The molecule has 2 aliphatic heterocycles. The maximum Gasteiger partial charge on any atom is 0.230 e. The van der Waals surface area contributed by atoms with Crippen LogP contribution in [0, 0.1) is 0 Å². The molecule has 0 aromatic rings. The zero-order valence-electron chi connectivity index (χ0n) is 6.99. The van der Waals surface area contributed by atoms with Crippen LogP contribution < -0.4 is 0 Å². The second kappa shape index (κ2) is 2.98. The van der Waals surface area contributed by atoms with Crippen LogP contribution in [0.2, 0.25) is 0 Å². The number of fused-ring (bicyclic) bond motifs is 1. The average molecular weight is 181 g/mol. The standard InChI is InChI=1S/C9H11NOS/c1-2-3-7-5-10-8(11)4-9(10)12-6-7/h2-3,5,9H,4,6H2,1H3/b3-2+/t9-/m1/s1. The first-order valence-corrected chi connectivity index (χ1v) is 5.12. The van der Waals surface area contributed by atoms with Crippen molar-refractivity contribution in [3.63, 3.8) is 0 Å². The number of β-lactam (4-membered cyclic amide) rings is 1. The molecule has 0 N–H and O–H groups in total. The van der Waals surface area contributed by atoms with Gasteiger partial charge in [-0.3, -0.25) is 4.79 Å². The second-order valence-corrected chi connectivity index (χ2v) is 4.14. The fourth-order valence-corrected chi connectivity index (χ4v) is 2.56. The third kappa shape index (κ3) is 1.18. The first-order valence-electron chi connectivity index (χ1n) is 4.07. The van der Waals surface area contributed by atoms with E-state index in [0.29, 0.717) is 5.37 Å². The SMILES string of the molecule is C/C=C/C1=CN2C(=O)C[C@H]2SC1. The average Bonchev–Trinajstić information content (AvgIpc) is 2.07. The van der Waals surface area contributed by atoms with E-state index in [2.05, 4.69) is 6.08 Å². The maximum atomic E-state index is 11.1. The number of hydrogen-bond acceptors (Lipinski definition) is 2. The molecule has 0 bridgehead atoms. The first-order chi connectivity index (χ1) is 5.81. The van der Waals surface area contributed by atoms with Crippen molar-refractivity contribution in [2.45, 2.75) is 18.7 Å². The summed E-state index contributed by atoms with van der Waals surface area (Å²) in [6.07, 6.45) is 6.78. The van der Waals surface area contributed by atoms with Crippen molar-refractivity contribution in [3.05, 3.63) is 23.9 Å². The van der Waals surface area contributed by atoms with Gasteiger partial charge in [0, 0.05) is 12.0 Å². The van der Waals surface area contributed by atoms with E-state index in [0.717, 1.165) is 12.2 Å².